The standard InChI is InChI=1S/C9H9FN2O2.ClH/c10-7-2-5(3-11)1-6(9(7)14)8(12)4-13;/h1-2,8,13-14H,4,12H2;1H/t8-;/m1./s1. The highest BCUT2D eigenvalue weighted by Crippen LogP contribution is 2.27. The summed E-state index contributed by atoms with van der Waals surface area (Å²) in [5, 5.41) is 26.5. The van der Waals surface area contributed by atoms with Crippen LogP contribution in [0.3, 0.4) is 0 Å². The molecule has 15 heavy (non-hydrogen) atoms. The van der Waals surface area contributed by atoms with Crippen LogP contribution in [0.15, 0.2) is 12.1 Å². The van der Waals surface area contributed by atoms with Crippen molar-refractivity contribution in [3.8, 4) is 11.8 Å². The summed E-state index contributed by atoms with van der Waals surface area (Å²) >= 11 is 0. The maximum Gasteiger partial charge on any atom is 0.166 e. The number of nitriles is 1. The topological polar surface area (TPSA) is 90.3 Å². The Kier molecular flexibility index (Phi) is 5.02. The monoisotopic (exact) mass is 232 g/mol. The van der Waals surface area contributed by atoms with E-state index in [4.69, 9.17) is 16.1 Å². The Balaban J connectivity index is 0.00000196. The number of phenols is 1. The number of rotatable bonds is 2. The number of hydrogen-bond acceptors (Lipinski definition) is 4. The van der Waals surface area contributed by atoms with Gasteiger partial charge in [0.05, 0.1) is 24.3 Å². The number of aromatic hydroxyl groups is 1. The first-order valence-electron chi connectivity index (χ1n) is 3.89. The van der Waals surface area contributed by atoms with Gasteiger partial charge in [0, 0.05) is 5.56 Å². The minimum Gasteiger partial charge on any atom is -0.505 e. The van der Waals surface area contributed by atoms with E-state index in [2.05, 4.69) is 0 Å². The van der Waals surface area contributed by atoms with Crippen LogP contribution < -0.4 is 5.73 Å². The highest BCUT2D eigenvalue weighted by Gasteiger charge is 2.15. The molecule has 0 radical (unpaired) electrons. The molecular formula is C9H10ClFN2O2. The van der Waals surface area contributed by atoms with Gasteiger partial charge in [0.2, 0.25) is 0 Å². The lowest BCUT2D eigenvalue weighted by molar-refractivity contribution is 0.264. The van der Waals surface area contributed by atoms with Crippen LogP contribution in [0.4, 0.5) is 4.39 Å². The van der Waals surface area contributed by atoms with Gasteiger partial charge in [0.1, 0.15) is 0 Å². The SMILES string of the molecule is Cl.N#Cc1cc(F)c(O)c([C@H](N)CO)c1. The zero-order valence-electron chi connectivity index (χ0n) is 7.64. The van der Waals surface area contributed by atoms with Crippen molar-refractivity contribution in [2.24, 2.45) is 5.73 Å². The number of nitrogens with two attached hydrogens (primary N) is 1. The minimum absolute atomic E-state index is 0. The van der Waals surface area contributed by atoms with Gasteiger partial charge < -0.3 is 15.9 Å². The van der Waals surface area contributed by atoms with Crippen molar-refractivity contribution >= 4 is 12.4 Å². The van der Waals surface area contributed by atoms with Crippen molar-refractivity contribution in [3.05, 3.63) is 29.1 Å². The number of hydrogen-bond donors (Lipinski definition) is 3. The largest absolute Gasteiger partial charge is 0.505 e. The molecule has 0 heterocycles. The molecule has 4 N–H and O–H groups in total. The summed E-state index contributed by atoms with van der Waals surface area (Å²) in [7, 11) is 0. The smallest absolute Gasteiger partial charge is 0.166 e. The van der Waals surface area contributed by atoms with E-state index in [0.717, 1.165) is 6.07 Å². The zero-order valence-corrected chi connectivity index (χ0v) is 8.46. The van der Waals surface area contributed by atoms with Crippen molar-refractivity contribution in [2.45, 2.75) is 6.04 Å². The maximum absolute atomic E-state index is 13.0. The summed E-state index contributed by atoms with van der Waals surface area (Å²) in [6, 6.07) is 2.99. The van der Waals surface area contributed by atoms with Crippen molar-refractivity contribution in [1.82, 2.24) is 0 Å². The fourth-order valence-corrected chi connectivity index (χ4v) is 1.07. The molecule has 0 unspecified atom stereocenters. The lowest BCUT2D eigenvalue weighted by Crippen LogP contribution is -2.15. The number of aliphatic hydroxyl groups is 1. The second-order valence-electron chi connectivity index (χ2n) is 2.80. The maximum atomic E-state index is 13.0. The Bertz CT molecular complexity index is 392. The van der Waals surface area contributed by atoms with E-state index in [1.807, 2.05) is 0 Å². The first-order chi connectivity index (χ1) is 6.60. The van der Waals surface area contributed by atoms with Crippen LogP contribution in [0.25, 0.3) is 0 Å². The summed E-state index contributed by atoms with van der Waals surface area (Å²) in [6.45, 7) is -0.429. The fourth-order valence-electron chi connectivity index (χ4n) is 1.07. The Morgan fingerprint density at radius 2 is 2.13 bits per heavy atom. The first-order valence-corrected chi connectivity index (χ1v) is 3.89. The van der Waals surface area contributed by atoms with Crippen LogP contribution in [-0.4, -0.2) is 16.8 Å². The van der Waals surface area contributed by atoms with Gasteiger partial charge in [-0.05, 0) is 12.1 Å². The number of nitrogens with zero attached hydrogens (tertiary/aromatic N) is 1. The van der Waals surface area contributed by atoms with Gasteiger partial charge in [-0.1, -0.05) is 0 Å². The van der Waals surface area contributed by atoms with Gasteiger partial charge in [0.15, 0.2) is 11.6 Å². The van der Waals surface area contributed by atoms with E-state index < -0.39 is 24.2 Å². The second-order valence-corrected chi connectivity index (χ2v) is 2.80. The molecule has 82 valence electrons. The molecule has 0 amide bonds. The molecule has 0 bridgehead atoms. The van der Waals surface area contributed by atoms with Crippen molar-refractivity contribution in [3.63, 3.8) is 0 Å². The molecule has 4 nitrogen and oxygen atoms in total. The molecule has 0 aromatic heterocycles. The van der Waals surface area contributed by atoms with E-state index in [9.17, 15) is 9.50 Å². The number of phenolic OH excluding ortho intramolecular Hbond substituents is 1. The van der Waals surface area contributed by atoms with Crippen LogP contribution >= 0.6 is 12.4 Å². The Hall–Kier alpha value is -1.35. The molecular weight excluding hydrogens is 223 g/mol. The van der Waals surface area contributed by atoms with E-state index in [0.29, 0.717) is 0 Å². The van der Waals surface area contributed by atoms with Crippen LogP contribution in [0.5, 0.6) is 5.75 Å². The van der Waals surface area contributed by atoms with E-state index >= 15 is 0 Å². The summed E-state index contributed by atoms with van der Waals surface area (Å²) in [5.41, 5.74) is 5.49. The summed E-state index contributed by atoms with van der Waals surface area (Å²) in [5.74, 6) is -1.53. The van der Waals surface area contributed by atoms with Crippen molar-refractivity contribution < 1.29 is 14.6 Å². The summed E-state index contributed by atoms with van der Waals surface area (Å²) in [6.07, 6.45) is 0. The second kappa shape index (κ2) is 5.51. The fraction of sp³-hybridized carbons (Fsp3) is 0.222. The van der Waals surface area contributed by atoms with Crippen LogP contribution in [-0.2, 0) is 0 Å². The van der Waals surface area contributed by atoms with Gasteiger partial charge in [-0.25, -0.2) is 4.39 Å². The van der Waals surface area contributed by atoms with Gasteiger partial charge in [-0.3, -0.25) is 0 Å². The highest BCUT2D eigenvalue weighted by atomic mass is 35.5. The summed E-state index contributed by atoms with van der Waals surface area (Å²) < 4.78 is 13.0. The predicted molar refractivity (Wildman–Crippen MR) is 54.0 cm³/mol. The average Bonchev–Trinajstić information content (AvgIpc) is 2.20. The third kappa shape index (κ3) is 2.80. The number of halogens is 2. The molecule has 1 aromatic carbocycles. The molecule has 0 aliphatic carbocycles. The van der Waals surface area contributed by atoms with Gasteiger partial charge in [0.25, 0.3) is 0 Å². The molecule has 0 spiro atoms. The normalized spacial score (nSPS) is 11.3. The molecule has 0 fully saturated rings. The van der Waals surface area contributed by atoms with Gasteiger partial charge in [-0.2, -0.15) is 5.26 Å². The Morgan fingerprint density at radius 1 is 1.53 bits per heavy atom. The number of benzene rings is 1. The molecule has 0 aliphatic rings. The minimum atomic E-state index is -0.914. The summed E-state index contributed by atoms with van der Waals surface area (Å²) in [4.78, 5) is 0. The van der Waals surface area contributed by atoms with Crippen LogP contribution in [0.1, 0.15) is 17.2 Å². The van der Waals surface area contributed by atoms with Crippen LogP contribution in [0, 0.1) is 17.1 Å². The first kappa shape index (κ1) is 13.7. The van der Waals surface area contributed by atoms with Crippen molar-refractivity contribution in [1.29, 1.82) is 5.26 Å². The van der Waals surface area contributed by atoms with E-state index in [1.165, 1.54) is 6.07 Å². The zero-order chi connectivity index (χ0) is 10.7. The van der Waals surface area contributed by atoms with Gasteiger partial charge >= 0.3 is 0 Å². The van der Waals surface area contributed by atoms with Crippen molar-refractivity contribution in [2.75, 3.05) is 6.61 Å². The Labute approximate surface area is 92.2 Å². The number of aliphatic hydroxyl groups excluding tert-OH is 1. The predicted octanol–water partition coefficient (Wildman–Crippen LogP) is 0.817. The van der Waals surface area contributed by atoms with Crippen LogP contribution in [0.2, 0.25) is 0 Å². The molecule has 1 rings (SSSR count). The lowest BCUT2D eigenvalue weighted by Gasteiger charge is -2.11. The lowest BCUT2D eigenvalue weighted by atomic mass is 10.0. The highest BCUT2D eigenvalue weighted by molar-refractivity contribution is 5.85. The third-order valence-electron chi connectivity index (χ3n) is 1.82. The molecule has 6 heteroatoms. The van der Waals surface area contributed by atoms with E-state index in [-0.39, 0.29) is 23.5 Å². The Morgan fingerprint density at radius 3 is 2.60 bits per heavy atom. The third-order valence-corrected chi connectivity index (χ3v) is 1.82. The molecule has 1 aromatic rings. The molecule has 0 saturated heterocycles. The quantitative estimate of drug-likeness (QED) is 0.704. The molecule has 0 aliphatic heterocycles. The van der Waals surface area contributed by atoms with E-state index in [1.54, 1.807) is 6.07 Å². The van der Waals surface area contributed by atoms with Gasteiger partial charge in [-0.15, -0.1) is 12.4 Å². The molecule has 1 atom stereocenters. The molecule has 0 saturated carbocycles. The average molecular weight is 233 g/mol.